The lowest BCUT2D eigenvalue weighted by molar-refractivity contribution is 0.251. The zero-order valence-electron chi connectivity index (χ0n) is 13.4. The van der Waals surface area contributed by atoms with Crippen molar-refractivity contribution in [2.45, 2.75) is 16.3 Å². The molecule has 2 amide bonds. The van der Waals surface area contributed by atoms with Gasteiger partial charge in [0.15, 0.2) is 0 Å². The van der Waals surface area contributed by atoms with Gasteiger partial charge >= 0.3 is 6.03 Å². The Morgan fingerprint density at radius 3 is 2.23 bits per heavy atom. The minimum atomic E-state index is -3.64. The lowest BCUT2D eigenvalue weighted by Gasteiger charge is -2.08. The van der Waals surface area contributed by atoms with Gasteiger partial charge in [-0.15, -0.1) is 0 Å². The van der Waals surface area contributed by atoms with Crippen molar-refractivity contribution in [2.75, 3.05) is 5.32 Å². The van der Waals surface area contributed by atoms with Gasteiger partial charge in [-0.25, -0.2) is 13.2 Å². The molecular weight excluding hydrogens is 376 g/mol. The summed E-state index contributed by atoms with van der Waals surface area (Å²) in [5, 5.41) is 12.2. The number of aromatic amines is 1. The van der Waals surface area contributed by atoms with E-state index in [1.807, 2.05) is 0 Å². The van der Waals surface area contributed by atoms with E-state index >= 15 is 0 Å². The molecule has 0 atom stereocenters. The molecule has 0 saturated carbocycles. The molecule has 0 unspecified atom stereocenters. The third-order valence-corrected chi connectivity index (χ3v) is 5.59. The van der Waals surface area contributed by atoms with Crippen molar-refractivity contribution in [3.05, 3.63) is 71.5 Å². The predicted molar refractivity (Wildman–Crippen MR) is 97.8 cm³/mol. The highest BCUT2D eigenvalue weighted by atomic mass is 35.5. The molecule has 3 N–H and O–H groups in total. The number of urea groups is 1. The number of halogens is 1. The number of hydrogen-bond donors (Lipinski definition) is 3. The first kappa shape index (κ1) is 18.0. The van der Waals surface area contributed by atoms with Crippen LogP contribution in [-0.4, -0.2) is 24.6 Å². The predicted octanol–water partition coefficient (Wildman–Crippen LogP) is 3.22. The molecule has 0 fully saturated rings. The summed E-state index contributed by atoms with van der Waals surface area (Å²) in [5.41, 5.74) is 1.31. The summed E-state index contributed by atoms with van der Waals surface area (Å²) in [6, 6.07) is 11.5. The van der Waals surface area contributed by atoms with Gasteiger partial charge < -0.3 is 10.6 Å². The van der Waals surface area contributed by atoms with Crippen molar-refractivity contribution in [2.24, 2.45) is 0 Å². The number of aromatic nitrogens is 2. The van der Waals surface area contributed by atoms with Crippen LogP contribution in [0.15, 0.2) is 70.7 Å². The van der Waals surface area contributed by atoms with E-state index in [1.165, 1.54) is 48.5 Å². The highest BCUT2D eigenvalue weighted by molar-refractivity contribution is 7.91. The van der Waals surface area contributed by atoms with E-state index in [-0.39, 0.29) is 9.79 Å². The third-order valence-electron chi connectivity index (χ3n) is 3.55. The van der Waals surface area contributed by atoms with E-state index in [0.29, 0.717) is 17.3 Å². The zero-order chi connectivity index (χ0) is 18.6. The van der Waals surface area contributed by atoms with Gasteiger partial charge in [0.1, 0.15) is 0 Å². The molecule has 0 radical (unpaired) electrons. The van der Waals surface area contributed by atoms with Crippen LogP contribution in [-0.2, 0) is 16.4 Å². The smallest absolute Gasteiger partial charge is 0.319 e. The monoisotopic (exact) mass is 390 g/mol. The largest absolute Gasteiger partial charge is 0.334 e. The first-order valence-electron chi connectivity index (χ1n) is 7.58. The Hall–Kier alpha value is -2.84. The molecule has 0 saturated heterocycles. The quantitative estimate of drug-likeness (QED) is 0.622. The number of carbonyl (C=O) groups excluding carboxylic acids is 1. The number of anilines is 1. The van der Waals surface area contributed by atoms with Crippen LogP contribution in [0.5, 0.6) is 0 Å². The first-order valence-corrected chi connectivity index (χ1v) is 9.44. The molecule has 1 aromatic heterocycles. The maximum absolute atomic E-state index is 12.6. The van der Waals surface area contributed by atoms with Gasteiger partial charge in [0.05, 0.1) is 16.0 Å². The van der Waals surface area contributed by atoms with Gasteiger partial charge in [-0.1, -0.05) is 11.6 Å². The van der Waals surface area contributed by atoms with Crippen LogP contribution in [0.3, 0.4) is 0 Å². The molecule has 2 aromatic carbocycles. The highest BCUT2D eigenvalue weighted by Crippen LogP contribution is 2.23. The normalized spacial score (nSPS) is 11.1. The lowest BCUT2D eigenvalue weighted by atomic mass is 10.3. The fourth-order valence-electron chi connectivity index (χ4n) is 2.20. The van der Waals surface area contributed by atoms with Crippen LogP contribution in [0.1, 0.15) is 5.56 Å². The molecule has 0 bridgehead atoms. The van der Waals surface area contributed by atoms with E-state index in [4.69, 9.17) is 11.6 Å². The molecular formula is C17H15ClN4O3S. The van der Waals surface area contributed by atoms with Crippen molar-refractivity contribution in [3.8, 4) is 0 Å². The standard InChI is InChI=1S/C17H15ClN4O3S/c18-13-1-5-15(6-2-13)26(24,25)16-7-3-14(4-8-16)22-17(23)19-9-12-10-20-21-11-12/h1-8,10-11H,9H2,(H,20,21)(H2,19,22,23). The SMILES string of the molecule is O=C(NCc1cn[nH]c1)Nc1ccc(S(=O)(=O)c2ccc(Cl)cc2)cc1. The molecule has 9 heteroatoms. The molecule has 0 aliphatic carbocycles. The third kappa shape index (κ3) is 4.22. The Bertz CT molecular complexity index is 986. The van der Waals surface area contributed by atoms with Gasteiger partial charge in [0.2, 0.25) is 9.84 Å². The van der Waals surface area contributed by atoms with Gasteiger partial charge in [-0.2, -0.15) is 5.10 Å². The summed E-state index contributed by atoms with van der Waals surface area (Å²) in [7, 11) is -3.64. The van der Waals surface area contributed by atoms with E-state index < -0.39 is 15.9 Å². The number of carbonyl (C=O) groups is 1. The highest BCUT2D eigenvalue weighted by Gasteiger charge is 2.17. The Balaban J connectivity index is 1.66. The number of sulfone groups is 1. The van der Waals surface area contributed by atoms with Crippen molar-refractivity contribution in [3.63, 3.8) is 0 Å². The van der Waals surface area contributed by atoms with Gasteiger partial charge in [-0.05, 0) is 48.5 Å². The van der Waals surface area contributed by atoms with E-state index in [2.05, 4.69) is 20.8 Å². The molecule has 26 heavy (non-hydrogen) atoms. The number of hydrogen-bond acceptors (Lipinski definition) is 4. The first-order chi connectivity index (χ1) is 12.4. The van der Waals surface area contributed by atoms with Crippen LogP contribution >= 0.6 is 11.6 Å². The number of nitrogens with zero attached hydrogens (tertiary/aromatic N) is 1. The Kier molecular flexibility index (Phi) is 5.24. The van der Waals surface area contributed by atoms with Crippen LogP contribution in [0.4, 0.5) is 10.5 Å². The molecule has 3 aromatic rings. The molecule has 0 spiro atoms. The Morgan fingerprint density at radius 2 is 1.65 bits per heavy atom. The summed E-state index contributed by atoms with van der Waals surface area (Å²) < 4.78 is 25.1. The second kappa shape index (κ2) is 7.59. The van der Waals surface area contributed by atoms with E-state index in [1.54, 1.807) is 12.4 Å². The lowest BCUT2D eigenvalue weighted by Crippen LogP contribution is -2.28. The Labute approximate surface area is 155 Å². The summed E-state index contributed by atoms with van der Waals surface area (Å²) >= 11 is 5.79. The Morgan fingerprint density at radius 1 is 1.04 bits per heavy atom. The summed E-state index contributed by atoms with van der Waals surface area (Å²) in [6.07, 6.45) is 3.29. The van der Waals surface area contributed by atoms with Crippen LogP contribution < -0.4 is 10.6 Å². The summed E-state index contributed by atoms with van der Waals surface area (Å²) in [5.74, 6) is 0. The van der Waals surface area contributed by atoms with Gasteiger partial charge in [0.25, 0.3) is 0 Å². The zero-order valence-corrected chi connectivity index (χ0v) is 15.0. The van der Waals surface area contributed by atoms with Crippen molar-refractivity contribution < 1.29 is 13.2 Å². The summed E-state index contributed by atoms with van der Waals surface area (Å²) in [6.45, 7) is 0.325. The molecule has 134 valence electrons. The fourth-order valence-corrected chi connectivity index (χ4v) is 3.59. The average molecular weight is 391 g/mol. The summed E-state index contributed by atoms with van der Waals surface area (Å²) in [4.78, 5) is 12.1. The van der Waals surface area contributed by atoms with E-state index in [0.717, 1.165) is 5.56 Å². The number of rotatable bonds is 5. The topological polar surface area (TPSA) is 104 Å². The van der Waals surface area contributed by atoms with Crippen LogP contribution in [0, 0.1) is 0 Å². The minimum absolute atomic E-state index is 0.129. The number of benzene rings is 2. The van der Waals surface area contributed by atoms with Crippen LogP contribution in [0.25, 0.3) is 0 Å². The fraction of sp³-hybridized carbons (Fsp3) is 0.0588. The van der Waals surface area contributed by atoms with Crippen molar-refractivity contribution in [1.29, 1.82) is 0 Å². The number of nitrogens with one attached hydrogen (secondary N) is 3. The molecule has 0 aliphatic rings. The maximum Gasteiger partial charge on any atom is 0.319 e. The van der Waals surface area contributed by atoms with E-state index in [9.17, 15) is 13.2 Å². The molecule has 7 nitrogen and oxygen atoms in total. The molecule has 0 aliphatic heterocycles. The van der Waals surface area contributed by atoms with Crippen molar-refractivity contribution in [1.82, 2.24) is 15.5 Å². The molecule has 3 rings (SSSR count). The van der Waals surface area contributed by atoms with Gasteiger partial charge in [-0.3, -0.25) is 5.10 Å². The van der Waals surface area contributed by atoms with Gasteiger partial charge in [0, 0.05) is 29.0 Å². The van der Waals surface area contributed by atoms with Crippen LogP contribution in [0.2, 0.25) is 5.02 Å². The molecule has 1 heterocycles. The average Bonchev–Trinajstić information content (AvgIpc) is 3.14. The second-order valence-corrected chi connectivity index (χ2v) is 7.78. The minimum Gasteiger partial charge on any atom is -0.334 e. The van der Waals surface area contributed by atoms with Crippen molar-refractivity contribution >= 4 is 33.2 Å². The second-order valence-electron chi connectivity index (χ2n) is 5.40. The maximum atomic E-state index is 12.6. The number of amides is 2. The number of H-pyrrole nitrogens is 1.